The molecule has 0 aromatic heterocycles. The summed E-state index contributed by atoms with van der Waals surface area (Å²) >= 11 is 0. The van der Waals surface area contributed by atoms with E-state index >= 15 is 0 Å². The van der Waals surface area contributed by atoms with E-state index in [1.54, 1.807) is 0 Å². The van der Waals surface area contributed by atoms with E-state index in [1.165, 1.54) is 0 Å². The first kappa shape index (κ1) is 5.59. The molecule has 0 saturated carbocycles. The van der Waals surface area contributed by atoms with Crippen LogP contribution in [-0.2, 0) is 0 Å². The molecule has 0 bridgehead atoms. The van der Waals surface area contributed by atoms with Crippen LogP contribution in [0.2, 0.25) is 0 Å². The van der Waals surface area contributed by atoms with Crippen LogP contribution in [0.25, 0.3) is 0 Å². The first-order chi connectivity index (χ1) is 2.81. The Kier molecular flexibility index (Phi) is 2.62. The fourth-order valence-corrected chi connectivity index (χ4v) is 0.0471. The lowest BCUT2D eigenvalue weighted by Gasteiger charge is -1.85. The molecule has 3 heteroatoms. The summed E-state index contributed by atoms with van der Waals surface area (Å²) in [4.78, 5) is 7.80. The summed E-state index contributed by atoms with van der Waals surface area (Å²) in [5.41, 5.74) is 0. The molecule has 0 saturated heterocycles. The summed E-state index contributed by atoms with van der Waals surface area (Å²) in [7, 11) is 0. The van der Waals surface area contributed by atoms with Crippen molar-refractivity contribution in [1.29, 1.82) is 0 Å². The predicted octanol–water partition coefficient (Wildman–Crippen LogP) is -1.49. The fourth-order valence-electron chi connectivity index (χ4n) is 0.0471. The molecule has 36 valence electrons. The van der Waals surface area contributed by atoms with E-state index in [0.717, 1.165) is 0 Å². The van der Waals surface area contributed by atoms with Gasteiger partial charge < -0.3 is 10.2 Å². The van der Waals surface area contributed by atoms with Crippen LogP contribution < -0.4 is 0 Å². The van der Waals surface area contributed by atoms with Crippen LogP contribution in [0.5, 0.6) is 0 Å². The summed E-state index contributed by atoms with van der Waals surface area (Å²) in [6, 6.07) is 0. The van der Waals surface area contributed by atoms with Crippen LogP contribution >= 0.6 is 0 Å². The van der Waals surface area contributed by atoms with Crippen molar-refractivity contribution >= 4 is 6.29 Å². The molecule has 0 spiro atoms. The molecule has 6 heavy (non-hydrogen) atoms. The largest absolute Gasteiger partial charge is 0.393 e. The van der Waals surface area contributed by atoms with E-state index in [-0.39, 0.29) is 0 Å². The van der Waals surface area contributed by atoms with Gasteiger partial charge in [0.15, 0.2) is 6.10 Å². The first-order valence-electron chi connectivity index (χ1n) is 1.57. The smallest absolute Gasteiger partial charge is 0.312 e. The topological polar surface area (TPSA) is 61.9 Å². The number of hydrogen-bond acceptors (Lipinski definition) is 2. The van der Waals surface area contributed by atoms with Gasteiger partial charge in [-0.25, -0.2) is 0 Å². The van der Waals surface area contributed by atoms with Crippen molar-refractivity contribution in [1.82, 2.24) is 0 Å². The van der Waals surface area contributed by atoms with Gasteiger partial charge in [0.25, 0.3) is 0 Å². The Bertz CT molecular complexity index is 43.3. The second-order valence-electron chi connectivity index (χ2n) is 0.899. The molecular formula is C3H7O3+. The van der Waals surface area contributed by atoms with E-state index in [9.17, 15) is 0 Å². The number of rotatable bonds is 2. The Hall–Kier alpha value is -0.410. The molecular weight excluding hydrogens is 84.0 g/mol. The Balaban J connectivity index is 2.96. The van der Waals surface area contributed by atoms with Crippen molar-refractivity contribution in [3.63, 3.8) is 0 Å². The molecule has 3 N–H and O–H groups in total. The number of hydrogen-bond donors (Lipinski definition) is 2. The van der Waals surface area contributed by atoms with Gasteiger partial charge in [-0.3, -0.25) is 4.79 Å². The summed E-state index contributed by atoms with van der Waals surface area (Å²) in [5.74, 6) is 0. The van der Waals surface area contributed by atoms with Crippen molar-refractivity contribution < 1.29 is 15.0 Å². The van der Waals surface area contributed by atoms with Gasteiger partial charge in [0.05, 0.1) is 6.61 Å². The van der Waals surface area contributed by atoms with E-state index in [2.05, 4.69) is 0 Å². The molecule has 0 heterocycles. The molecule has 0 amide bonds. The van der Waals surface area contributed by atoms with Gasteiger partial charge in [-0.05, 0) is 0 Å². The average Bonchev–Trinajstić information content (AvgIpc) is 1.65. The Morgan fingerprint density at radius 2 is 2.33 bits per heavy atom. The number of aldehydes is 1. The Morgan fingerprint density at radius 3 is 2.33 bits per heavy atom. The van der Waals surface area contributed by atoms with Crippen LogP contribution in [-0.4, -0.2) is 34.0 Å². The maximum absolute atomic E-state index is 8.11. The third-order valence-electron chi connectivity index (χ3n) is 0.359. The monoisotopic (exact) mass is 91.0 g/mol. The lowest BCUT2D eigenvalue weighted by molar-refractivity contribution is 0.143. The second-order valence-corrected chi connectivity index (χ2v) is 0.899. The van der Waals surface area contributed by atoms with Gasteiger partial charge in [0, 0.05) is 0 Å². The highest BCUT2D eigenvalue weighted by atomic mass is 16.3. The maximum atomic E-state index is 8.11. The molecule has 0 aliphatic carbocycles. The van der Waals surface area contributed by atoms with Crippen LogP contribution in [0.4, 0.5) is 0 Å². The zero-order chi connectivity index (χ0) is 4.99. The lowest BCUT2D eigenvalue weighted by atomic mass is 10.4. The van der Waals surface area contributed by atoms with Crippen LogP contribution in [0.3, 0.4) is 0 Å². The molecule has 1 atom stereocenters. The van der Waals surface area contributed by atoms with Crippen molar-refractivity contribution in [3.8, 4) is 0 Å². The summed E-state index contributed by atoms with van der Waals surface area (Å²) in [5, 5.41) is 16.0. The molecule has 3 nitrogen and oxygen atoms in total. The molecule has 0 aliphatic heterocycles. The van der Waals surface area contributed by atoms with Crippen molar-refractivity contribution in [2.24, 2.45) is 0 Å². The minimum atomic E-state index is -1.08. The zero-order valence-electron chi connectivity index (χ0n) is 3.20. The zero-order valence-corrected chi connectivity index (χ0v) is 3.20. The number of aliphatic hydroxyl groups excluding tert-OH is 2. The van der Waals surface area contributed by atoms with Gasteiger partial charge >= 0.3 is 6.29 Å². The minimum Gasteiger partial charge on any atom is -0.393 e. The quantitative estimate of drug-likeness (QED) is 0.321. The average molecular weight is 91.1 g/mol. The summed E-state index contributed by atoms with van der Waals surface area (Å²) in [6.45, 7) is -0.420. The number of aliphatic hydroxyl groups is 2. The van der Waals surface area contributed by atoms with Crippen LogP contribution in [0.1, 0.15) is 0 Å². The molecule has 0 rings (SSSR count). The van der Waals surface area contributed by atoms with E-state index in [4.69, 9.17) is 15.0 Å². The molecule has 0 unspecified atom stereocenters. The molecule has 0 aliphatic rings. The van der Waals surface area contributed by atoms with Gasteiger partial charge in [-0.1, -0.05) is 0 Å². The van der Waals surface area contributed by atoms with Crippen molar-refractivity contribution in [2.45, 2.75) is 6.10 Å². The summed E-state index contributed by atoms with van der Waals surface area (Å²) < 4.78 is 0. The SMILES string of the molecule is OC[C@H](O)C=[OH+]. The fraction of sp³-hybridized carbons (Fsp3) is 0.667. The number of carbonyl (C=O) groups excluding carboxylic acids is 1. The lowest BCUT2D eigenvalue weighted by Crippen LogP contribution is -2.12. The third kappa shape index (κ3) is 1.87. The second kappa shape index (κ2) is 2.81. The molecule has 0 radical (unpaired) electrons. The summed E-state index contributed by atoms with van der Waals surface area (Å²) in [6.07, 6.45) is -0.551. The normalized spacial score (nSPS) is 13.7. The molecule has 0 fully saturated rings. The van der Waals surface area contributed by atoms with Gasteiger partial charge in [-0.2, -0.15) is 0 Å². The maximum Gasteiger partial charge on any atom is 0.312 e. The predicted molar refractivity (Wildman–Crippen MR) is 21.1 cm³/mol. The minimum absolute atomic E-state index is 0.420. The van der Waals surface area contributed by atoms with Gasteiger partial charge in [0.1, 0.15) is 0 Å². The van der Waals surface area contributed by atoms with E-state index < -0.39 is 12.7 Å². The Morgan fingerprint density at radius 1 is 1.83 bits per heavy atom. The molecule has 0 aromatic carbocycles. The van der Waals surface area contributed by atoms with E-state index in [1.807, 2.05) is 0 Å². The Labute approximate surface area is 35.2 Å². The highest BCUT2D eigenvalue weighted by molar-refractivity contribution is 5.56. The van der Waals surface area contributed by atoms with E-state index in [0.29, 0.717) is 6.29 Å². The van der Waals surface area contributed by atoms with Crippen molar-refractivity contribution in [2.75, 3.05) is 6.61 Å². The standard InChI is InChI=1S/C3H6O3/c4-1-3(6)2-5/h1,3,5-6H,2H2/p+1/t3-/m1/s1. The third-order valence-corrected chi connectivity index (χ3v) is 0.359. The van der Waals surface area contributed by atoms with Crippen LogP contribution in [0.15, 0.2) is 0 Å². The highest BCUT2D eigenvalue weighted by Crippen LogP contribution is 1.65. The molecule has 0 aromatic rings. The van der Waals surface area contributed by atoms with Gasteiger partial charge in [-0.15, -0.1) is 0 Å². The van der Waals surface area contributed by atoms with Gasteiger partial charge in [0.2, 0.25) is 0 Å². The van der Waals surface area contributed by atoms with Crippen LogP contribution in [0, 0.1) is 0 Å². The van der Waals surface area contributed by atoms with Crippen molar-refractivity contribution in [3.05, 3.63) is 0 Å². The first-order valence-corrected chi connectivity index (χ1v) is 1.57. The highest BCUT2D eigenvalue weighted by Gasteiger charge is 1.98.